The number of aromatic nitrogens is 3. The molecule has 0 spiro atoms. The summed E-state index contributed by atoms with van der Waals surface area (Å²) in [4.78, 5) is 77.0. The molecule has 9 rings (SSSR count). The van der Waals surface area contributed by atoms with E-state index < -0.39 is 91.1 Å². The molecule has 0 radical (unpaired) electrons. The van der Waals surface area contributed by atoms with Crippen LogP contribution in [-0.2, 0) is 56.6 Å². The van der Waals surface area contributed by atoms with E-state index in [0.717, 1.165) is 0 Å². The summed E-state index contributed by atoms with van der Waals surface area (Å²) in [5, 5.41) is 4.20. The Hall–Kier alpha value is -6.48. The number of amides is 2. The average molecular weight is 1320 g/mol. The Morgan fingerprint density at radius 2 is 1.64 bits per heavy atom. The smallest absolute Gasteiger partial charge is 0.490 e. The van der Waals surface area contributed by atoms with Crippen LogP contribution in [-0.4, -0.2) is 145 Å². The zero-order valence-electron chi connectivity index (χ0n) is 48.6. The van der Waals surface area contributed by atoms with Gasteiger partial charge in [-0.1, -0.05) is 36.1 Å². The third-order valence-electron chi connectivity index (χ3n) is 15.1. The second-order valence-corrected chi connectivity index (χ2v) is 29.6. The zero-order chi connectivity index (χ0) is 64.3. The van der Waals surface area contributed by atoms with E-state index in [1.54, 1.807) is 72.4 Å². The van der Waals surface area contributed by atoms with Crippen molar-refractivity contribution in [1.82, 2.24) is 29.3 Å². The van der Waals surface area contributed by atoms with E-state index in [1.807, 2.05) is 47.6 Å². The molecule has 2 amide bonds. The number of nitrogens with zero attached hydrogens (tertiary/aromatic N) is 6. The van der Waals surface area contributed by atoms with E-state index in [-0.39, 0.29) is 55.2 Å². The first-order chi connectivity index (χ1) is 41.0. The number of ether oxygens (including phenoxy) is 2. The molecule has 6 heterocycles. The van der Waals surface area contributed by atoms with Crippen LogP contribution in [0, 0.1) is 11.8 Å². The van der Waals surface area contributed by atoms with Gasteiger partial charge in [0, 0.05) is 85.8 Å². The van der Waals surface area contributed by atoms with Crippen molar-refractivity contribution in [2.75, 3.05) is 62.0 Å². The number of phosphoric acid groups is 3. The van der Waals surface area contributed by atoms with Crippen LogP contribution in [0.25, 0.3) is 27.8 Å². The molecule has 3 aromatic carbocycles. The van der Waals surface area contributed by atoms with E-state index in [1.165, 1.54) is 11.2 Å². The minimum absolute atomic E-state index is 0.0134. The van der Waals surface area contributed by atoms with Crippen molar-refractivity contribution in [1.29, 1.82) is 0 Å². The molecule has 4 atom stereocenters. The first kappa shape index (κ1) is 66.0. The second-order valence-electron chi connectivity index (χ2n) is 22.3. The van der Waals surface area contributed by atoms with Gasteiger partial charge in [-0.3, -0.25) is 18.7 Å². The Kier molecular flexibility index (Phi) is 18.5. The second kappa shape index (κ2) is 24.7. The van der Waals surface area contributed by atoms with Crippen molar-refractivity contribution in [3.8, 4) is 23.3 Å². The summed E-state index contributed by atoms with van der Waals surface area (Å²) in [6.45, 7) is 11.9. The van der Waals surface area contributed by atoms with Crippen LogP contribution in [0.5, 0.6) is 11.5 Å². The van der Waals surface area contributed by atoms with Crippen molar-refractivity contribution in [2.45, 2.75) is 90.6 Å². The fraction of sp³-hybridized carbons (Fsp3) is 0.400. The molecule has 0 bridgehead atoms. The predicted molar refractivity (Wildman–Crippen MR) is 321 cm³/mol. The molecule has 8 N–H and O–H groups in total. The summed E-state index contributed by atoms with van der Waals surface area (Å²) in [5.41, 5.74) is 9.25. The molecule has 33 heteroatoms. The van der Waals surface area contributed by atoms with Crippen LogP contribution in [0.4, 0.5) is 11.5 Å². The van der Waals surface area contributed by atoms with Crippen molar-refractivity contribution >= 4 is 94.8 Å². The van der Waals surface area contributed by atoms with E-state index in [0.29, 0.717) is 97.3 Å². The molecule has 472 valence electrons. The van der Waals surface area contributed by atoms with Crippen molar-refractivity contribution < 1.29 is 91.4 Å². The lowest BCUT2D eigenvalue weighted by molar-refractivity contribution is -0.121. The molecular weight excluding hydrogens is 1250 g/mol. The number of hydrogen-bond donors (Lipinski definition) is 7. The molecule has 1 saturated heterocycles. The van der Waals surface area contributed by atoms with Crippen molar-refractivity contribution in [3.63, 3.8) is 0 Å². The van der Waals surface area contributed by atoms with Crippen LogP contribution in [0.2, 0.25) is 0 Å². The molecule has 2 unspecified atom stereocenters. The van der Waals surface area contributed by atoms with Gasteiger partial charge in [0.05, 0.1) is 63.2 Å². The summed E-state index contributed by atoms with van der Waals surface area (Å²) >= 11 is 0. The minimum atomic E-state index is -5.73. The number of anilines is 2. The molecule has 0 saturated carbocycles. The standard InChI is InChI=1S/C55H65N8O20P3S2/c1-8-62-43-24-45-41(22-39(43)34(26-54(62,3)4)30-87(73,74)75)50(42-23-40-35(31-88(76,77)78)27-55(5,6)63(9-2)44(40)25-46(42)81-45)37-15-10-11-16-38(37)53(65)60(7)21-13-17-47(64)57-20-12-14-33-28-61(52-49(33)51(56)58-32-59-52)48-19-18-36(80-48)29-79-85(69,70)83-86(71,72)82-84(66,67)68/h10-11,15-16,22-28,32,36,48H,8-9,13,17-21,29-31H2,1-7H3,(H8-,56,57,58,59,64,66,67,68,69,70,71,72,73,74,75,76,77,78)/t36-,48+/m0/s1. The Morgan fingerprint density at radius 1 is 0.920 bits per heavy atom. The lowest BCUT2D eigenvalue weighted by Crippen LogP contribution is -2.50. The van der Waals surface area contributed by atoms with E-state index >= 15 is 0 Å². The van der Waals surface area contributed by atoms with Gasteiger partial charge in [0.25, 0.3) is 16.0 Å². The normalized spacial score (nSPS) is 19.1. The predicted octanol–water partition coefficient (Wildman–Crippen LogP) is 4.53. The molecule has 1 fully saturated rings. The SMILES string of the molecule is CCN1c2cc3c(cc2C(CS(=O)(=O)[O-])=CC1(C)C)C(c1ccccc1C(=O)N(C)CCCC(=O)NCC#Cc1cn([C@H]2CC[C@@H](COP(=O)(O)OP(=O)(O)OP(=O)(O)O)O2)c2ncnc(N)c12)=c1cc2c(cc1O3)=[N+](CC)C(C)(C)C=C2CS(=O)(=O)O. The number of hydrogen-bond acceptors (Lipinski definition) is 19. The Balaban J connectivity index is 0.947. The average Bonchev–Trinajstić information content (AvgIpc) is 1.01. The summed E-state index contributed by atoms with van der Waals surface area (Å²) in [6, 6.07) is 14.0. The van der Waals surface area contributed by atoms with Gasteiger partial charge in [0.2, 0.25) is 11.3 Å². The molecule has 88 heavy (non-hydrogen) atoms. The molecule has 4 aliphatic heterocycles. The molecule has 5 aromatic rings. The molecule has 4 aliphatic rings. The first-order valence-electron chi connectivity index (χ1n) is 27.4. The lowest BCUT2D eigenvalue weighted by atomic mass is 9.83. The molecule has 0 aliphatic carbocycles. The van der Waals surface area contributed by atoms with Gasteiger partial charge in [-0.2, -0.15) is 17.0 Å². The fourth-order valence-electron chi connectivity index (χ4n) is 11.7. The third kappa shape index (κ3) is 14.7. The number of phosphoric ester groups is 1. The van der Waals surface area contributed by atoms with E-state index in [2.05, 4.69) is 45.2 Å². The highest BCUT2D eigenvalue weighted by Crippen LogP contribution is 2.66. The van der Waals surface area contributed by atoms with Gasteiger partial charge in [0.15, 0.2) is 5.54 Å². The number of benzene rings is 3. The van der Waals surface area contributed by atoms with E-state index in [9.17, 15) is 59.0 Å². The maximum Gasteiger partial charge on any atom is 0.490 e. The minimum Gasteiger partial charge on any atom is -0.748 e. The molecule has 28 nitrogen and oxygen atoms in total. The number of nitrogens with two attached hydrogens (primary N) is 1. The highest BCUT2D eigenvalue weighted by Gasteiger charge is 2.43. The first-order valence-corrected chi connectivity index (χ1v) is 35.1. The monoisotopic (exact) mass is 1310 g/mol. The number of rotatable bonds is 21. The largest absolute Gasteiger partial charge is 0.748 e. The topological polar surface area (TPSA) is 402 Å². The molecular formula is C55H65N8O20P3S2. The number of nitrogen functional groups attached to an aromatic ring is 1. The summed E-state index contributed by atoms with van der Waals surface area (Å²) in [5.74, 6) is 4.36. The fourth-order valence-corrected chi connectivity index (χ4v) is 16.0. The van der Waals surface area contributed by atoms with Crippen LogP contribution in [0.15, 0.2) is 73.2 Å². The van der Waals surface area contributed by atoms with Gasteiger partial charge < -0.3 is 59.0 Å². The lowest BCUT2D eigenvalue weighted by Gasteiger charge is -2.44. The molecule has 2 aromatic heterocycles. The van der Waals surface area contributed by atoms with Gasteiger partial charge in [-0.15, -0.1) is 0 Å². The number of carbonyl (C=O) groups is 2. The maximum absolute atomic E-state index is 14.8. The summed E-state index contributed by atoms with van der Waals surface area (Å²) in [6.07, 6.45) is 5.45. The van der Waals surface area contributed by atoms with Crippen LogP contribution < -0.4 is 35.8 Å². The van der Waals surface area contributed by atoms with Gasteiger partial charge in [-0.25, -0.2) is 36.7 Å². The van der Waals surface area contributed by atoms with Crippen LogP contribution >= 0.6 is 23.5 Å². The van der Waals surface area contributed by atoms with Crippen LogP contribution in [0.3, 0.4) is 0 Å². The number of fused-ring (bicyclic) bond motifs is 5. The summed E-state index contributed by atoms with van der Waals surface area (Å²) in [7, 11) is -24.5. The highest BCUT2D eigenvalue weighted by atomic mass is 32.2. The van der Waals surface area contributed by atoms with Crippen LogP contribution in [0.1, 0.15) is 112 Å². The third-order valence-corrected chi connectivity index (χ3v) is 20.3. The Bertz CT molecular complexity index is 4360. The zero-order valence-corrected chi connectivity index (χ0v) is 53.0. The van der Waals surface area contributed by atoms with Gasteiger partial charge in [-0.05, 0) is 87.9 Å². The quantitative estimate of drug-likeness (QED) is 0.0225. The number of carbonyl (C=O) groups excluding carboxylic acids is 2. The maximum atomic E-state index is 14.8. The van der Waals surface area contributed by atoms with Gasteiger partial charge in [0.1, 0.15) is 47.8 Å². The number of nitrogens with one attached hydrogen (secondary N) is 1. The van der Waals surface area contributed by atoms with Crippen molar-refractivity contribution in [2.24, 2.45) is 0 Å². The Morgan fingerprint density at radius 3 is 2.32 bits per heavy atom. The highest BCUT2D eigenvalue weighted by molar-refractivity contribution is 7.86. The van der Waals surface area contributed by atoms with Crippen molar-refractivity contribution in [3.05, 3.63) is 117 Å². The van der Waals surface area contributed by atoms with Gasteiger partial charge >= 0.3 is 23.5 Å². The van der Waals surface area contributed by atoms with E-state index in [4.69, 9.17) is 29.5 Å². The summed E-state index contributed by atoms with van der Waals surface area (Å²) < 4.78 is 137. The Labute approximate surface area is 506 Å². The number of likely N-dealkylation sites (N-methyl/N-ethyl adjacent to an activating group) is 2.